The van der Waals surface area contributed by atoms with Gasteiger partial charge in [0.15, 0.2) is 0 Å². The van der Waals surface area contributed by atoms with Crippen molar-refractivity contribution in [2.45, 2.75) is 37.8 Å². The fourth-order valence-corrected chi connectivity index (χ4v) is 4.14. The van der Waals surface area contributed by atoms with E-state index in [2.05, 4.69) is 35.3 Å². The molecule has 1 aliphatic heterocycles. The second-order valence-corrected chi connectivity index (χ2v) is 6.43. The van der Waals surface area contributed by atoms with Gasteiger partial charge in [-0.2, -0.15) is 11.8 Å². The molecule has 2 nitrogen and oxygen atoms in total. The van der Waals surface area contributed by atoms with Gasteiger partial charge in [-0.25, -0.2) is 0 Å². The lowest BCUT2D eigenvalue weighted by molar-refractivity contribution is 0.403. The third-order valence-corrected chi connectivity index (χ3v) is 5.14. The summed E-state index contributed by atoms with van der Waals surface area (Å²) in [5.74, 6) is 3.62. The minimum Gasteiger partial charge on any atom is -0.497 e. The normalized spacial score (nSPS) is 23.9. The third kappa shape index (κ3) is 2.52. The van der Waals surface area contributed by atoms with E-state index in [1.165, 1.54) is 48.3 Å². The van der Waals surface area contributed by atoms with Crippen LogP contribution in [0.25, 0.3) is 0 Å². The van der Waals surface area contributed by atoms with Gasteiger partial charge in [-0.1, -0.05) is 6.07 Å². The lowest BCUT2D eigenvalue weighted by Crippen LogP contribution is -2.34. The lowest BCUT2D eigenvalue weighted by atomic mass is 10.0. The molecule has 2 aliphatic rings. The molecule has 0 radical (unpaired) electrons. The minimum atomic E-state index is 0.545. The van der Waals surface area contributed by atoms with Gasteiger partial charge in [-0.05, 0) is 60.4 Å². The summed E-state index contributed by atoms with van der Waals surface area (Å²) in [4.78, 5) is 0. The van der Waals surface area contributed by atoms with Crippen LogP contribution in [0.4, 0.5) is 0 Å². The molecule has 1 aromatic carbocycles. The number of hydrogen-bond donors (Lipinski definition) is 1. The molecule has 0 bridgehead atoms. The Morgan fingerprint density at radius 3 is 2.83 bits per heavy atom. The number of rotatable bonds is 3. The molecule has 1 atom stereocenters. The Kier molecular flexibility index (Phi) is 3.80. The first-order valence-corrected chi connectivity index (χ1v) is 8.03. The molecule has 1 saturated heterocycles. The fourth-order valence-electron chi connectivity index (χ4n) is 3.03. The van der Waals surface area contributed by atoms with E-state index in [-0.39, 0.29) is 0 Å². The smallest absolute Gasteiger partial charge is 0.119 e. The highest BCUT2D eigenvalue weighted by atomic mass is 32.2. The van der Waals surface area contributed by atoms with Crippen molar-refractivity contribution in [2.75, 3.05) is 18.6 Å². The van der Waals surface area contributed by atoms with Crippen molar-refractivity contribution < 1.29 is 4.74 Å². The Labute approximate surface area is 113 Å². The number of hydrogen-bond acceptors (Lipinski definition) is 3. The van der Waals surface area contributed by atoms with Crippen LogP contribution >= 0.6 is 11.8 Å². The van der Waals surface area contributed by atoms with Crippen LogP contribution in [0.2, 0.25) is 0 Å². The second kappa shape index (κ2) is 5.54. The molecule has 0 saturated carbocycles. The van der Waals surface area contributed by atoms with Crippen molar-refractivity contribution in [1.29, 1.82) is 0 Å². The molecule has 0 amide bonds. The summed E-state index contributed by atoms with van der Waals surface area (Å²) in [7, 11) is 1.75. The molecular formula is C15H21NOS. The maximum atomic E-state index is 5.35. The van der Waals surface area contributed by atoms with Crippen molar-refractivity contribution in [3.8, 4) is 5.75 Å². The Balaban J connectivity index is 1.72. The number of methoxy groups -OCH3 is 1. The molecular weight excluding hydrogens is 242 g/mol. The summed E-state index contributed by atoms with van der Waals surface area (Å²) in [5.41, 5.74) is 2.96. The van der Waals surface area contributed by atoms with Crippen LogP contribution < -0.4 is 10.1 Å². The van der Waals surface area contributed by atoms with Gasteiger partial charge >= 0.3 is 0 Å². The van der Waals surface area contributed by atoms with Crippen molar-refractivity contribution >= 4 is 11.8 Å². The zero-order valence-electron chi connectivity index (χ0n) is 10.9. The Hall–Kier alpha value is -0.670. The summed E-state index contributed by atoms with van der Waals surface area (Å²) in [5, 5.41) is 3.86. The number of aryl methyl sites for hydroxylation is 1. The molecule has 98 valence electrons. The maximum Gasteiger partial charge on any atom is 0.119 e. The van der Waals surface area contributed by atoms with Gasteiger partial charge in [0.25, 0.3) is 0 Å². The molecule has 1 N–H and O–H groups in total. The van der Waals surface area contributed by atoms with Crippen LogP contribution in [0, 0.1) is 0 Å². The van der Waals surface area contributed by atoms with Crippen LogP contribution in [0.5, 0.6) is 5.75 Å². The van der Waals surface area contributed by atoms with Gasteiger partial charge in [-0.15, -0.1) is 0 Å². The fraction of sp³-hybridized carbons (Fsp3) is 0.600. The second-order valence-electron chi connectivity index (χ2n) is 5.21. The topological polar surface area (TPSA) is 21.3 Å². The molecule has 1 aliphatic carbocycles. The zero-order chi connectivity index (χ0) is 12.4. The first-order valence-electron chi connectivity index (χ1n) is 6.87. The predicted octanol–water partition coefficient (Wildman–Crippen LogP) is 3.17. The standard InChI is InChI=1S/C15H21NOS/c1-17-13-4-2-11-3-5-15(14(11)10-13)16-12-6-8-18-9-7-12/h2,4,10,12,15-16H,3,5-9H2,1H3. The summed E-state index contributed by atoms with van der Waals surface area (Å²) in [6, 6.07) is 7.79. The van der Waals surface area contributed by atoms with Gasteiger partial charge in [-0.3, -0.25) is 0 Å². The molecule has 0 aromatic heterocycles. The van der Waals surface area contributed by atoms with Gasteiger partial charge in [0.1, 0.15) is 5.75 Å². The molecule has 18 heavy (non-hydrogen) atoms. The van der Waals surface area contributed by atoms with Crippen molar-refractivity contribution in [3.63, 3.8) is 0 Å². The highest BCUT2D eigenvalue weighted by molar-refractivity contribution is 7.99. The highest BCUT2D eigenvalue weighted by Crippen LogP contribution is 2.34. The van der Waals surface area contributed by atoms with Gasteiger partial charge in [0.2, 0.25) is 0 Å². The predicted molar refractivity (Wildman–Crippen MR) is 77.5 cm³/mol. The Morgan fingerprint density at radius 2 is 2.06 bits per heavy atom. The first kappa shape index (κ1) is 12.4. The Morgan fingerprint density at radius 1 is 1.22 bits per heavy atom. The van der Waals surface area contributed by atoms with Gasteiger partial charge < -0.3 is 10.1 Å². The van der Waals surface area contributed by atoms with Crippen molar-refractivity contribution in [3.05, 3.63) is 29.3 Å². The van der Waals surface area contributed by atoms with E-state index in [0.29, 0.717) is 12.1 Å². The van der Waals surface area contributed by atoms with E-state index >= 15 is 0 Å². The molecule has 1 aromatic rings. The third-order valence-electron chi connectivity index (χ3n) is 4.09. The van der Waals surface area contributed by atoms with Crippen LogP contribution in [-0.4, -0.2) is 24.7 Å². The van der Waals surface area contributed by atoms with Crippen LogP contribution in [-0.2, 0) is 6.42 Å². The van der Waals surface area contributed by atoms with E-state index in [0.717, 1.165) is 5.75 Å². The van der Waals surface area contributed by atoms with Crippen LogP contribution in [0.3, 0.4) is 0 Å². The number of benzene rings is 1. The average molecular weight is 263 g/mol. The van der Waals surface area contributed by atoms with Gasteiger partial charge in [0, 0.05) is 12.1 Å². The quantitative estimate of drug-likeness (QED) is 0.905. The van der Waals surface area contributed by atoms with Crippen LogP contribution in [0.1, 0.15) is 36.4 Å². The largest absolute Gasteiger partial charge is 0.497 e. The van der Waals surface area contributed by atoms with E-state index < -0.39 is 0 Å². The lowest BCUT2D eigenvalue weighted by Gasteiger charge is -2.26. The molecule has 3 rings (SSSR count). The van der Waals surface area contributed by atoms with E-state index in [1.54, 1.807) is 7.11 Å². The van der Waals surface area contributed by atoms with E-state index in [1.807, 2.05) is 0 Å². The number of nitrogens with one attached hydrogen (secondary N) is 1. The minimum absolute atomic E-state index is 0.545. The monoisotopic (exact) mass is 263 g/mol. The number of thioether (sulfide) groups is 1. The Bertz CT molecular complexity index is 415. The molecule has 1 unspecified atom stereocenters. The number of ether oxygens (including phenoxy) is 1. The highest BCUT2D eigenvalue weighted by Gasteiger charge is 2.25. The summed E-state index contributed by atoms with van der Waals surface area (Å²) in [6.07, 6.45) is 5.09. The molecule has 3 heteroatoms. The van der Waals surface area contributed by atoms with Gasteiger partial charge in [0.05, 0.1) is 7.11 Å². The van der Waals surface area contributed by atoms with Crippen LogP contribution in [0.15, 0.2) is 18.2 Å². The summed E-state index contributed by atoms with van der Waals surface area (Å²) < 4.78 is 5.35. The first-order chi connectivity index (χ1) is 8.86. The van der Waals surface area contributed by atoms with E-state index in [9.17, 15) is 0 Å². The molecule has 1 fully saturated rings. The van der Waals surface area contributed by atoms with E-state index in [4.69, 9.17) is 4.74 Å². The zero-order valence-corrected chi connectivity index (χ0v) is 11.8. The molecule has 0 spiro atoms. The average Bonchev–Trinajstić information content (AvgIpc) is 2.82. The molecule has 1 heterocycles. The summed E-state index contributed by atoms with van der Waals surface area (Å²) in [6.45, 7) is 0. The number of fused-ring (bicyclic) bond motifs is 1. The summed E-state index contributed by atoms with van der Waals surface area (Å²) >= 11 is 2.09. The SMILES string of the molecule is COc1ccc2c(c1)C(NC1CCSCC1)CC2. The van der Waals surface area contributed by atoms with Crippen molar-refractivity contribution in [1.82, 2.24) is 5.32 Å². The van der Waals surface area contributed by atoms with Crippen molar-refractivity contribution in [2.24, 2.45) is 0 Å². The maximum absolute atomic E-state index is 5.35.